The molecular weight excluding hydrogens is 222 g/mol. The van der Waals surface area contributed by atoms with Crippen molar-refractivity contribution in [3.8, 4) is 0 Å². The molecule has 2 rings (SSSR count). The number of hydrogen-bond acceptors (Lipinski definition) is 2. The first-order chi connectivity index (χ1) is 8.72. The molecule has 1 aromatic rings. The van der Waals surface area contributed by atoms with Crippen LogP contribution in [-0.2, 0) is 13.5 Å². The molecule has 102 valence electrons. The third-order valence-electron chi connectivity index (χ3n) is 5.00. The molecule has 1 heterocycles. The summed E-state index contributed by atoms with van der Waals surface area (Å²) in [5, 5.41) is 7.84. The van der Waals surface area contributed by atoms with E-state index < -0.39 is 0 Å². The first-order valence-electron chi connectivity index (χ1n) is 7.36. The zero-order valence-corrected chi connectivity index (χ0v) is 12.1. The largest absolute Gasteiger partial charge is 0.316 e. The van der Waals surface area contributed by atoms with E-state index in [4.69, 9.17) is 0 Å². The van der Waals surface area contributed by atoms with Crippen molar-refractivity contribution in [1.29, 1.82) is 0 Å². The second-order valence-electron chi connectivity index (χ2n) is 5.75. The van der Waals surface area contributed by atoms with E-state index in [1.807, 2.05) is 17.9 Å². The van der Waals surface area contributed by atoms with Crippen molar-refractivity contribution in [3.05, 3.63) is 18.0 Å². The van der Waals surface area contributed by atoms with Gasteiger partial charge in [-0.2, -0.15) is 5.10 Å². The van der Waals surface area contributed by atoms with Crippen LogP contribution in [0.25, 0.3) is 0 Å². The lowest BCUT2D eigenvalue weighted by Gasteiger charge is -2.37. The standard InChI is InChI=1S/C15H27N3/c1-4-15(10-5-6-11-15)14(16-2)8-7-13-9-12-17-18(13)3/h9,12,14,16H,4-8,10-11H2,1-3H3. The second-order valence-corrected chi connectivity index (χ2v) is 5.75. The Morgan fingerprint density at radius 3 is 2.67 bits per heavy atom. The van der Waals surface area contributed by atoms with E-state index in [0.717, 1.165) is 6.42 Å². The molecule has 0 aromatic carbocycles. The van der Waals surface area contributed by atoms with E-state index in [1.54, 1.807) is 0 Å². The molecule has 1 fully saturated rings. The summed E-state index contributed by atoms with van der Waals surface area (Å²) in [6.07, 6.45) is 11.2. The van der Waals surface area contributed by atoms with Gasteiger partial charge in [0.1, 0.15) is 0 Å². The maximum Gasteiger partial charge on any atom is 0.0492 e. The van der Waals surface area contributed by atoms with Gasteiger partial charge in [0.2, 0.25) is 0 Å². The Labute approximate surface area is 111 Å². The lowest BCUT2D eigenvalue weighted by Crippen LogP contribution is -2.42. The predicted octanol–water partition coefficient (Wildman–Crippen LogP) is 2.91. The Bertz CT molecular complexity index is 364. The Hall–Kier alpha value is -0.830. The molecule has 1 aliphatic carbocycles. The molecule has 18 heavy (non-hydrogen) atoms. The van der Waals surface area contributed by atoms with E-state index in [1.165, 1.54) is 44.2 Å². The van der Waals surface area contributed by atoms with Crippen molar-refractivity contribution in [2.45, 2.75) is 57.9 Å². The third kappa shape index (κ3) is 2.61. The molecule has 0 saturated heterocycles. The van der Waals surface area contributed by atoms with E-state index in [0.29, 0.717) is 11.5 Å². The number of nitrogens with one attached hydrogen (secondary N) is 1. The van der Waals surface area contributed by atoms with Crippen LogP contribution in [0.4, 0.5) is 0 Å². The predicted molar refractivity (Wildman–Crippen MR) is 75.6 cm³/mol. The monoisotopic (exact) mass is 249 g/mol. The SMILES string of the molecule is CCC1(C(CCc2ccnn2C)NC)CCCC1. The molecule has 0 aliphatic heterocycles. The number of hydrogen-bond donors (Lipinski definition) is 1. The summed E-state index contributed by atoms with van der Waals surface area (Å²) < 4.78 is 2.00. The van der Waals surface area contributed by atoms with Gasteiger partial charge in [0.15, 0.2) is 0 Å². The summed E-state index contributed by atoms with van der Waals surface area (Å²) in [5.41, 5.74) is 1.90. The maximum absolute atomic E-state index is 4.25. The van der Waals surface area contributed by atoms with Crippen LogP contribution in [-0.4, -0.2) is 22.9 Å². The summed E-state index contributed by atoms with van der Waals surface area (Å²) in [5.74, 6) is 0. The molecule has 1 N–H and O–H groups in total. The zero-order valence-electron chi connectivity index (χ0n) is 12.1. The number of aryl methyl sites for hydroxylation is 2. The minimum Gasteiger partial charge on any atom is -0.316 e. The van der Waals surface area contributed by atoms with Crippen LogP contribution in [0, 0.1) is 5.41 Å². The van der Waals surface area contributed by atoms with Crippen molar-refractivity contribution in [2.24, 2.45) is 12.5 Å². The average molecular weight is 249 g/mol. The van der Waals surface area contributed by atoms with E-state index in [-0.39, 0.29) is 0 Å². The smallest absolute Gasteiger partial charge is 0.0492 e. The molecule has 1 unspecified atom stereocenters. The Morgan fingerprint density at radius 1 is 1.44 bits per heavy atom. The van der Waals surface area contributed by atoms with Crippen LogP contribution in [0.2, 0.25) is 0 Å². The van der Waals surface area contributed by atoms with Crippen LogP contribution >= 0.6 is 0 Å². The van der Waals surface area contributed by atoms with E-state index in [9.17, 15) is 0 Å². The molecule has 1 aromatic heterocycles. The van der Waals surface area contributed by atoms with Gasteiger partial charge >= 0.3 is 0 Å². The number of rotatable bonds is 6. The van der Waals surface area contributed by atoms with Crippen LogP contribution in [0.15, 0.2) is 12.3 Å². The number of aromatic nitrogens is 2. The summed E-state index contributed by atoms with van der Waals surface area (Å²) in [6, 6.07) is 2.79. The highest BCUT2D eigenvalue weighted by Gasteiger charge is 2.38. The molecule has 1 saturated carbocycles. The van der Waals surface area contributed by atoms with Crippen LogP contribution in [0.3, 0.4) is 0 Å². The van der Waals surface area contributed by atoms with Crippen LogP contribution in [0.1, 0.15) is 51.1 Å². The Balaban J connectivity index is 1.98. The zero-order chi connectivity index (χ0) is 13.0. The minimum absolute atomic E-state index is 0.549. The van der Waals surface area contributed by atoms with E-state index in [2.05, 4.69) is 30.5 Å². The highest BCUT2D eigenvalue weighted by molar-refractivity contribution is 5.02. The van der Waals surface area contributed by atoms with Crippen molar-refractivity contribution < 1.29 is 0 Å². The van der Waals surface area contributed by atoms with Crippen LogP contribution in [0.5, 0.6) is 0 Å². The highest BCUT2D eigenvalue weighted by atomic mass is 15.2. The summed E-state index contributed by atoms with van der Waals surface area (Å²) in [4.78, 5) is 0. The summed E-state index contributed by atoms with van der Waals surface area (Å²) in [6.45, 7) is 2.36. The van der Waals surface area contributed by atoms with Gasteiger partial charge in [-0.05, 0) is 50.6 Å². The van der Waals surface area contributed by atoms with Crippen molar-refractivity contribution in [1.82, 2.24) is 15.1 Å². The summed E-state index contributed by atoms with van der Waals surface area (Å²) in [7, 11) is 4.17. The molecule has 3 heteroatoms. The topological polar surface area (TPSA) is 29.9 Å². The highest BCUT2D eigenvalue weighted by Crippen LogP contribution is 2.44. The fourth-order valence-electron chi connectivity index (χ4n) is 3.72. The van der Waals surface area contributed by atoms with Crippen molar-refractivity contribution >= 4 is 0 Å². The molecule has 0 bridgehead atoms. The molecule has 0 spiro atoms. The maximum atomic E-state index is 4.25. The molecule has 0 amide bonds. The van der Waals surface area contributed by atoms with Gasteiger partial charge in [-0.3, -0.25) is 4.68 Å². The second kappa shape index (κ2) is 5.87. The molecule has 1 atom stereocenters. The quantitative estimate of drug-likeness (QED) is 0.840. The average Bonchev–Trinajstić information content (AvgIpc) is 3.01. The van der Waals surface area contributed by atoms with Gasteiger partial charge < -0.3 is 5.32 Å². The van der Waals surface area contributed by atoms with Gasteiger partial charge in [0.05, 0.1) is 0 Å². The molecular formula is C15H27N3. The van der Waals surface area contributed by atoms with Crippen LogP contribution < -0.4 is 5.32 Å². The van der Waals surface area contributed by atoms with Gasteiger partial charge in [-0.15, -0.1) is 0 Å². The lowest BCUT2D eigenvalue weighted by atomic mass is 9.74. The Morgan fingerprint density at radius 2 is 2.17 bits per heavy atom. The fourth-order valence-corrected chi connectivity index (χ4v) is 3.72. The Kier molecular flexibility index (Phi) is 4.44. The van der Waals surface area contributed by atoms with Crippen molar-refractivity contribution in [3.63, 3.8) is 0 Å². The first kappa shape index (κ1) is 13.6. The van der Waals surface area contributed by atoms with Gasteiger partial charge in [0, 0.05) is 25.0 Å². The van der Waals surface area contributed by atoms with Crippen molar-refractivity contribution in [2.75, 3.05) is 7.05 Å². The molecule has 3 nitrogen and oxygen atoms in total. The fraction of sp³-hybridized carbons (Fsp3) is 0.800. The third-order valence-corrected chi connectivity index (χ3v) is 5.00. The molecule has 1 aliphatic rings. The van der Waals surface area contributed by atoms with Gasteiger partial charge in [-0.25, -0.2) is 0 Å². The first-order valence-corrected chi connectivity index (χ1v) is 7.36. The van der Waals surface area contributed by atoms with Gasteiger partial charge in [-0.1, -0.05) is 19.8 Å². The summed E-state index contributed by atoms with van der Waals surface area (Å²) >= 11 is 0. The van der Waals surface area contributed by atoms with E-state index >= 15 is 0 Å². The lowest BCUT2D eigenvalue weighted by molar-refractivity contribution is 0.184. The minimum atomic E-state index is 0.549. The number of nitrogens with zero attached hydrogens (tertiary/aromatic N) is 2. The normalized spacial score (nSPS) is 20.2. The molecule has 0 radical (unpaired) electrons. The van der Waals surface area contributed by atoms with Gasteiger partial charge in [0.25, 0.3) is 0 Å².